The maximum absolute atomic E-state index is 13.0. The summed E-state index contributed by atoms with van der Waals surface area (Å²) in [6.45, 7) is 0.941. The third-order valence-electron chi connectivity index (χ3n) is 4.66. The summed E-state index contributed by atoms with van der Waals surface area (Å²) in [7, 11) is 1.57. The number of carbonyl (C=O) groups is 2. The van der Waals surface area contributed by atoms with E-state index in [0.717, 1.165) is 10.6 Å². The van der Waals surface area contributed by atoms with Crippen molar-refractivity contribution in [2.75, 3.05) is 36.2 Å². The number of nitrogens with zero attached hydrogens (tertiary/aromatic N) is 1. The van der Waals surface area contributed by atoms with Crippen molar-refractivity contribution in [3.63, 3.8) is 0 Å². The molecule has 0 bridgehead atoms. The molecule has 2 N–H and O–H groups in total. The maximum atomic E-state index is 13.0. The molecule has 166 valence electrons. The molecular formula is C25H27N3O3S. The zero-order valence-electron chi connectivity index (χ0n) is 18.0. The Labute approximate surface area is 193 Å². The number of rotatable bonds is 10. The number of para-hydroxylation sites is 3. The fourth-order valence-corrected chi connectivity index (χ4v) is 3.82. The molecule has 3 amide bonds. The van der Waals surface area contributed by atoms with E-state index in [9.17, 15) is 9.59 Å². The first-order valence-electron chi connectivity index (χ1n) is 10.4. The van der Waals surface area contributed by atoms with E-state index in [2.05, 4.69) is 10.6 Å². The van der Waals surface area contributed by atoms with Gasteiger partial charge in [-0.3, -0.25) is 9.69 Å². The van der Waals surface area contributed by atoms with Crippen molar-refractivity contribution in [2.45, 2.75) is 11.3 Å². The maximum Gasteiger partial charge on any atom is 0.326 e. The molecular weight excluding hydrogens is 422 g/mol. The second-order valence-corrected chi connectivity index (χ2v) is 7.97. The third-order valence-corrected chi connectivity index (χ3v) is 5.67. The van der Waals surface area contributed by atoms with Crippen molar-refractivity contribution in [2.24, 2.45) is 0 Å². The number of hydrogen-bond donors (Lipinski definition) is 2. The number of ether oxygens (including phenoxy) is 1. The second kappa shape index (κ2) is 12.4. The number of benzene rings is 3. The Morgan fingerprint density at radius 3 is 2.28 bits per heavy atom. The lowest BCUT2D eigenvalue weighted by molar-refractivity contribution is -0.118. The minimum absolute atomic E-state index is 0.0245. The predicted octanol–water partition coefficient (Wildman–Crippen LogP) is 5.03. The lowest BCUT2D eigenvalue weighted by Gasteiger charge is -2.24. The number of carbonyl (C=O) groups excluding carboxylic acids is 2. The van der Waals surface area contributed by atoms with Gasteiger partial charge < -0.3 is 15.4 Å². The molecule has 3 aromatic carbocycles. The van der Waals surface area contributed by atoms with E-state index in [1.54, 1.807) is 24.1 Å². The summed E-state index contributed by atoms with van der Waals surface area (Å²) in [6.07, 6.45) is 0.621. The SMILES string of the molecule is COc1ccccc1NC(=O)N(CCCNC(=O)CSc1ccccc1)c1ccccc1. The Hall–Kier alpha value is -3.45. The first kappa shape index (κ1) is 23.2. The molecule has 7 heteroatoms. The van der Waals surface area contributed by atoms with E-state index in [1.165, 1.54) is 11.8 Å². The smallest absolute Gasteiger partial charge is 0.326 e. The Kier molecular flexibility index (Phi) is 9.01. The topological polar surface area (TPSA) is 70.7 Å². The number of amides is 3. The molecule has 0 aromatic heterocycles. The Bertz CT molecular complexity index is 1000. The van der Waals surface area contributed by atoms with Crippen LogP contribution in [-0.2, 0) is 4.79 Å². The molecule has 0 saturated heterocycles. The molecule has 3 rings (SSSR count). The highest BCUT2D eigenvalue weighted by atomic mass is 32.2. The Morgan fingerprint density at radius 1 is 0.906 bits per heavy atom. The lowest BCUT2D eigenvalue weighted by Crippen LogP contribution is -2.37. The molecule has 0 unspecified atom stereocenters. The molecule has 0 fully saturated rings. The van der Waals surface area contributed by atoms with Crippen molar-refractivity contribution in [3.05, 3.63) is 84.9 Å². The van der Waals surface area contributed by atoms with Gasteiger partial charge in [0.2, 0.25) is 5.91 Å². The van der Waals surface area contributed by atoms with Gasteiger partial charge in [0.1, 0.15) is 5.75 Å². The van der Waals surface area contributed by atoms with Crippen LogP contribution in [0.1, 0.15) is 6.42 Å². The van der Waals surface area contributed by atoms with Crippen LogP contribution in [0.25, 0.3) is 0 Å². The van der Waals surface area contributed by atoms with E-state index < -0.39 is 0 Å². The molecule has 32 heavy (non-hydrogen) atoms. The summed E-state index contributed by atoms with van der Waals surface area (Å²) in [5.41, 5.74) is 1.39. The van der Waals surface area contributed by atoms with Crippen molar-refractivity contribution < 1.29 is 14.3 Å². The first-order chi connectivity index (χ1) is 15.7. The molecule has 0 aliphatic heterocycles. The van der Waals surface area contributed by atoms with Crippen LogP contribution in [0.4, 0.5) is 16.2 Å². The molecule has 0 atom stereocenters. The number of hydrogen-bond acceptors (Lipinski definition) is 4. The van der Waals surface area contributed by atoms with Gasteiger partial charge in [0, 0.05) is 23.7 Å². The summed E-state index contributed by atoms with van der Waals surface area (Å²) in [5, 5.41) is 5.85. The standard InChI is InChI=1S/C25H27N3O3S/c1-31-23-16-9-8-15-22(23)27-25(30)28(20-11-4-2-5-12-20)18-10-17-26-24(29)19-32-21-13-6-3-7-14-21/h2-9,11-16H,10,17-19H2,1H3,(H,26,29)(H,27,30). The van der Waals surface area contributed by atoms with Crippen LogP contribution in [0.3, 0.4) is 0 Å². The quantitative estimate of drug-likeness (QED) is 0.336. The Morgan fingerprint density at radius 2 is 1.56 bits per heavy atom. The molecule has 3 aromatic rings. The second-order valence-electron chi connectivity index (χ2n) is 6.92. The van der Waals surface area contributed by atoms with Gasteiger partial charge >= 0.3 is 6.03 Å². The van der Waals surface area contributed by atoms with Gasteiger partial charge in [-0.15, -0.1) is 11.8 Å². The summed E-state index contributed by atoms with van der Waals surface area (Å²) in [4.78, 5) is 27.9. The number of anilines is 2. The Balaban J connectivity index is 1.53. The lowest BCUT2D eigenvalue weighted by atomic mass is 10.2. The van der Waals surface area contributed by atoms with Crippen LogP contribution >= 0.6 is 11.8 Å². The average Bonchev–Trinajstić information content (AvgIpc) is 2.84. The number of nitrogens with one attached hydrogen (secondary N) is 2. The highest BCUT2D eigenvalue weighted by Crippen LogP contribution is 2.24. The van der Waals surface area contributed by atoms with E-state index in [1.807, 2.05) is 72.8 Å². The zero-order chi connectivity index (χ0) is 22.6. The van der Waals surface area contributed by atoms with Crippen LogP contribution in [0.2, 0.25) is 0 Å². The molecule has 0 spiro atoms. The van der Waals surface area contributed by atoms with Crippen LogP contribution < -0.4 is 20.3 Å². The normalized spacial score (nSPS) is 10.3. The summed E-state index contributed by atoms with van der Waals surface area (Å²) in [6, 6.07) is 26.3. The molecule has 0 radical (unpaired) electrons. The first-order valence-corrected chi connectivity index (χ1v) is 11.4. The highest BCUT2D eigenvalue weighted by Gasteiger charge is 2.17. The van der Waals surface area contributed by atoms with Gasteiger partial charge in [-0.25, -0.2) is 4.79 Å². The van der Waals surface area contributed by atoms with Crippen LogP contribution in [-0.4, -0.2) is 37.9 Å². The van der Waals surface area contributed by atoms with Gasteiger partial charge in [-0.1, -0.05) is 48.5 Å². The summed E-state index contributed by atoms with van der Waals surface area (Å²) < 4.78 is 5.33. The molecule has 0 heterocycles. The van der Waals surface area contributed by atoms with E-state index in [-0.39, 0.29) is 11.9 Å². The third kappa shape index (κ3) is 7.06. The van der Waals surface area contributed by atoms with E-state index in [4.69, 9.17) is 4.74 Å². The predicted molar refractivity (Wildman–Crippen MR) is 131 cm³/mol. The monoisotopic (exact) mass is 449 g/mol. The van der Waals surface area contributed by atoms with Crippen LogP contribution in [0.15, 0.2) is 89.8 Å². The molecule has 0 aliphatic carbocycles. The highest BCUT2D eigenvalue weighted by molar-refractivity contribution is 8.00. The minimum Gasteiger partial charge on any atom is -0.495 e. The van der Waals surface area contributed by atoms with E-state index in [0.29, 0.717) is 36.7 Å². The number of thioether (sulfide) groups is 1. The van der Waals surface area contributed by atoms with Crippen LogP contribution in [0, 0.1) is 0 Å². The fourth-order valence-electron chi connectivity index (χ4n) is 3.07. The number of methoxy groups -OCH3 is 1. The van der Waals surface area contributed by atoms with Gasteiger partial charge in [0.25, 0.3) is 0 Å². The van der Waals surface area contributed by atoms with Gasteiger partial charge in [-0.2, -0.15) is 0 Å². The largest absolute Gasteiger partial charge is 0.495 e. The molecule has 6 nitrogen and oxygen atoms in total. The minimum atomic E-state index is -0.258. The molecule has 0 saturated carbocycles. The van der Waals surface area contributed by atoms with Gasteiger partial charge in [0.05, 0.1) is 18.6 Å². The van der Waals surface area contributed by atoms with Crippen molar-refractivity contribution in [1.82, 2.24) is 5.32 Å². The summed E-state index contributed by atoms with van der Waals surface area (Å²) in [5.74, 6) is 0.932. The van der Waals surface area contributed by atoms with Crippen molar-refractivity contribution in [1.29, 1.82) is 0 Å². The molecule has 0 aliphatic rings. The summed E-state index contributed by atoms with van der Waals surface area (Å²) >= 11 is 1.50. The van der Waals surface area contributed by atoms with Crippen molar-refractivity contribution >= 4 is 35.1 Å². The number of urea groups is 1. The van der Waals surface area contributed by atoms with Gasteiger partial charge in [0.15, 0.2) is 0 Å². The fraction of sp³-hybridized carbons (Fsp3) is 0.200. The zero-order valence-corrected chi connectivity index (χ0v) is 18.8. The van der Waals surface area contributed by atoms with E-state index >= 15 is 0 Å². The average molecular weight is 450 g/mol. The van der Waals surface area contributed by atoms with Gasteiger partial charge in [-0.05, 0) is 42.8 Å². The van der Waals surface area contributed by atoms with Crippen molar-refractivity contribution in [3.8, 4) is 5.75 Å². The van der Waals surface area contributed by atoms with Crippen LogP contribution in [0.5, 0.6) is 5.75 Å².